The minimum absolute atomic E-state index is 0.629. The molecule has 2 atom stereocenters. The third kappa shape index (κ3) is 0.744. The molecule has 0 N–H and O–H groups in total. The van der Waals surface area contributed by atoms with Crippen LogP contribution in [0, 0.1) is 17.3 Å². The van der Waals surface area contributed by atoms with Crippen molar-refractivity contribution in [1.29, 1.82) is 0 Å². The van der Waals surface area contributed by atoms with Gasteiger partial charge in [0, 0.05) is 0 Å². The van der Waals surface area contributed by atoms with E-state index in [0.717, 1.165) is 11.8 Å². The summed E-state index contributed by atoms with van der Waals surface area (Å²) in [6.45, 7) is 7.07. The molecule has 0 amide bonds. The fourth-order valence-corrected chi connectivity index (χ4v) is 2.63. The summed E-state index contributed by atoms with van der Waals surface area (Å²) in [6, 6.07) is 0. The van der Waals surface area contributed by atoms with Crippen molar-refractivity contribution >= 4 is 0 Å². The van der Waals surface area contributed by atoms with Crippen LogP contribution in [0.3, 0.4) is 0 Å². The first-order valence-corrected chi connectivity index (χ1v) is 4.27. The van der Waals surface area contributed by atoms with Gasteiger partial charge in [0.15, 0.2) is 0 Å². The quantitative estimate of drug-likeness (QED) is 0.449. The van der Waals surface area contributed by atoms with Crippen molar-refractivity contribution < 1.29 is 0 Å². The molecule has 0 aromatic rings. The standard InChI is InChI=1S/C10H16/c1-7-4-8-5-10(2,3)6-9(7)8/h4,8-9H,5-6H2,1-3H3/t8-,9-/m1/s1. The molecule has 1 saturated carbocycles. The number of hydrogen-bond acceptors (Lipinski definition) is 0. The average molecular weight is 136 g/mol. The second kappa shape index (κ2) is 1.66. The Kier molecular flexibility index (Phi) is 1.07. The largest absolute Gasteiger partial charge is 0.0816 e. The maximum Gasteiger partial charge on any atom is -0.0138 e. The molecule has 0 aromatic heterocycles. The zero-order valence-corrected chi connectivity index (χ0v) is 7.15. The summed E-state index contributed by atoms with van der Waals surface area (Å²) in [6.07, 6.45) is 5.31. The highest BCUT2D eigenvalue weighted by atomic mass is 14.5. The lowest BCUT2D eigenvalue weighted by Gasteiger charge is -2.27. The number of allylic oxidation sites excluding steroid dienone is 2. The van der Waals surface area contributed by atoms with E-state index in [1.165, 1.54) is 12.8 Å². The molecule has 0 radical (unpaired) electrons. The van der Waals surface area contributed by atoms with E-state index in [-0.39, 0.29) is 0 Å². The van der Waals surface area contributed by atoms with Gasteiger partial charge in [-0.15, -0.1) is 0 Å². The molecule has 0 aliphatic heterocycles. The molecular weight excluding hydrogens is 120 g/mol. The molecule has 0 unspecified atom stereocenters. The van der Waals surface area contributed by atoms with E-state index in [1.807, 2.05) is 0 Å². The third-order valence-electron chi connectivity index (χ3n) is 3.14. The Morgan fingerprint density at radius 1 is 1.40 bits per heavy atom. The first-order chi connectivity index (χ1) is 4.58. The highest BCUT2D eigenvalue weighted by Crippen LogP contribution is 2.53. The van der Waals surface area contributed by atoms with Gasteiger partial charge in [-0.05, 0) is 37.0 Å². The summed E-state index contributed by atoms with van der Waals surface area (Å²) < 4.78 is 0. The number of fused-ring (bicyclic) bond motifs is 1. The maximum atomic E-state index is 2.46. The van der Waals surface area contributed by atoms with E-state index in [1.54, 1.807) is 5.57 Å². The lowest BCUT2D eigenvalue weighted by molar-refractivity contribution is 0.370. The normalized spacial score (nSPS) is 42.1. The molecule has 2 aliphatic carbocycles. The summed E-state index contributed by atoms with van der Waals surface area (Å²) in [4.78, 5) is 0. The van der Waals surface area contributed by atoms with Crippen LogP contribution in [0.15, 0.2) is 11.6 Å². The SMILES string of the molecule is CC1=C[C@@H]2CC(C)(C)C[C@H]12. The Bertz CT molecular complexity index is 186. The lowest BCUT2D eigenvalue weighted by atomic mass is 9.78. The van der Waals surface area contributed by atoms with Crippen LogP contribution in [0.25, 0.3) is 0 Å². The first kappa shape index (κ1) is 6.45. The van der Waals surface area contributed by atoms with Gasteiger partial charge >= 0.3 is 0 Å². The zero-order valence-electron chi connectivity index (χ0n) is 7.15. The van der Waals surface area contributed by atoms with Gasteiger partial charge in [0.05, 0.1) is 0 Å². The summed E-state index contributed by atoms with van der Waals surface area (Å²) in [5.41, 5.74) is 2.28. The second-order valence-electron chi connectivity index (χ2n) is 4.75. The van der Waals surface area contributed by atoms with E-state index < -0.39 is 0 Å². The fraction of sp³-hybridized carbons (Fsp3) is 0.800. The van der Waals surface area contributed by atoms with Crippen LogP contribution < -0.4 is 0 Å². The van der Waals surface area contributed by atoms with E-state index in [0.29, 0.717) is 5.41 Å². The molecule has 1 fully saturated rings. The molecule has 10 heavy (non-hydrogen) atoms. The van der Waals surface area contributed by atoms with Gasteiger partial charge < -0.3 is 0 Å². The molecule has 0 nitrogen and oxygen atoms in total. The Labute approximate surface area is 63.3 Å². The van der Waals surface area contributed by atoms with Crippen LogP contribution in [0.2, 0.25) is 0 Å². The predicted octanol–water partition coefficient (Wildman–Crippen LogP) is 3.00. The third-order valence-corrected chi connectivity index (χ3v) is 3.14. The van der Waals surface area contributed by atoms with Crippen molar-refractivity contribution in [3.63, 3.8) is 0 Å². The van der Waals surface area contributed by atoms with Crippen molar-refractivity contribution in [3.8, 4) is 0 Å². The van der Waals surface area contributed by atoms with Crippen molar-refractivity contribution in [2.45, 2.75) is 33.6 Å². The Morgan fingerprint density at radius 2 is 2.10 bits per heavy atom. The van der Waals surface area contributed by atoms with Crippen molar-refractivity contribution in [2.75, 3.05) is 0 Å². The van der Waals surface area contributed by atoms with Gasteiger partial charge in [0.2, 0.25) is 0 Å². The van der Waals surface area contributed by atoms with Crippen LogP contribution in [-0.2, 0) is 0 Å². The zero-order chi connectivity index (χ0) is 7.35. The van der Waals surface area contributed by atoms with Crippen molar-refractivity contribution in [2.24, 2.45) is 17.3 Å². The van der Waals surface area contributed by atoms with E-state index >= 15 is 0 Å². The molecule has 56 valence electrons. The Hall–Kier alpha value is -0.260. The predicted molar refractivity (Wildman–Crippen MR) is 43.8 cm³/mol. The summed E-state index contributed by atoms with van der Waals surface area (Å²) in [7, 11) is 0. The van der Waals surface area contributed by atoms with Crippen LogP contribution >= 0.6 is 0 Å². The second-order valence-corrected chi connectivity index (χ2v) is 4.75. The molecule has 2 aliphatic rings. The van der Waals surface area contributed by atoms with Crippen molar-refractivity contribution in [3.05, 3.63) is 11.6 Å². The van der Waals surface area contributed by atoms with Crippen LogP contribution in [0.4, 0.5) is 0 Å². The van der Waals surface area contributed by atoms with E-state index in [4.69, 9.17) is 0 Å². The highest BCUT2D eigenvalue weighted by Gasteiger charge is 2.43. The lowest BCUT2D eigenvalue weighted by Crippen LogP contribution is -2.16. The summed E-state index contributed by atoms with van der Waals surface area (Å²) >= 11 is 0. The van der Waals surface area contributed by atoms with Gasteiger partial charge in [-0.1, -0.05) is 25.5 Å². The smallest absolute Gasteiger partial charge is 0.0138 e. The molecule has 0 bridgehead atoms. The molecule has 2 rings (SSSR count). The van der Waals surface area contributed by atoms with Crippen LogP contribution in [-0.4, -0.2) is 0 Å². The monoisotopic (exact) mass is 136 g/mol. The van der Waals surface area contributed by atoms with Gasteiger partial charge in [-0.3, -0.25) is 0 Å². The molecule has 0 heterocycles. The molecule has 0 spiro atoms. The van der Waals surface area contributed by atoms with Gasteiger partial charge in [-0.2, -0.15) is 0 Å². The van der Waals surface area contributed by atoms with Crippen molar-refractivity contribution in [1.82, 2.24) is 0 Å². The number of rotatable bonds is 0. The van der Waals surface area contributed by atoms with Gasteiger partial charge in [0.25, 0.3) is 0 Å². The fourth-order valence-electron chi connectivity index (χ4n) is 2.63. The Morgan fingerprint density at radius 3 is 2.50 bits per heavy atom. The molecule has 0 aromatic carbocycles. The topological polar surface area (TPSA) is 0 Å². The summed E-state index contributed by atoms with van der Waals surface area (Å²) in [5, 5.41) is 0. The van der Waals surface area contributed by atoms with E-state index in [2.05, 4.69) is 26.8 Å². The average Bonchev–Trinajstić information content (AvgIpc) is 2.04. The number of hydrogen-bond donors (Lipinski definition) is 0. The maximum absolute atomic E-state index is 2.46. The molecule has 0 saturated heterocycles. The summed E-state index contributed by atoms with van der Waals surface area (Å²) in [5.74, 6) is 1.92. The molecular formula is C10H16. The first-order valence-electron chi connectivity index (χ1n) is 4.27. The van der Waals surface area contributed by atoms with Gasteiger partial charge in [0.1, 0.15) is 0 Å². The highest BCUT2D eigenvalue weighted by molar-refractivity contribution is 5.24. The molecule has 0 heteroatoms. The van der Waals surface area contributed by atoms with Crippen LogP contribution in [0.1, 0.15) is 33.6 Å². The minimum Gasteiger partial charge on any atom is -0.0816 e. The van der Waals surface area contributed by atoms with Crippen LogP contribution in [0.5, 0.6) is 0 Å². The van der Waals surface area contributed by atoms with E-state index in [9.17, 15) is 0 Å². The minimum atomic E-state index is 0.629. The van der Waals surface area contributed by atoms with Gasteiger partial charge in [-0.25, -0.2) is 0 Å². The Balaban J connectivity index is 2.14.